The summed E-state index contributed by atoms with van der Waals surface area (Å²) in [4.78, 5) is 9.91. The maximum absolute atomic E-state index is 12.6. The Morgan fingerprint density at radius 2 is 1.45 bits per heavy atom. The summed E-state index contributed by atoms with van der Waals surface area (Å²) in [7, 11) is -6.15. The molecule has 7 nitrogen and oxygen atoms in total. The number of hydrogen-bond acceptors (Lipinski definition) is 6. The van der Waals surface area contributed by atoms with Gasteiger partial charge in [0, 0.05) is 26.9 Å². The van der Waals surface area contributed by atoms with Crippen LogP contribution in [0.15, 0.2) is 24.3 Å². The van der Waals surface area contributed by atoms with Crippen LogP contribution in [0.3, 0.4) is 0 Å². The fraction of sp³-hybridized carbons (Fsp3) is 0.455. The highest BCUT2D eigenvalue weighted by molar-refractivity contribution is 7.72. The Kier molecular flexibility index (Phi) is 5.33. The molecular formula is C11H18O7P2. The van der Waals surface area contributed by atoms with E-state index < -0.39 is 20.3 Å². The molecule has 0 radical (unpaired) electrons. The van der Waals surface area contributed by atoms with Crippen molar-refractivity contribution in [3.63, 3.8) is 0 Å². The zero-order chi connectivity index (χ0) is 15.6. The number of rotatable bonds is 6. The third-order valence-electron chi connectivity index (χ3n) is 2.94. The minimum Gasteiger partial charge on any atom is -0.364 e. The summed E-state index contributed by atoms with van der Waals surface area (Å²) >= 11 is 0. The van der Waals surface area contributed by atoms with Gasteiger partial charge in [-0.05, 0) is 6.92 Å². The van der Waals surface area contributed by atoms with Gasteiger partial charge in [0.05, 0.1) is 0 Å². The van der Waals surface area contributed by atoms with Crippen molar-refractivity contribution in [2.75, 3.05) is 21.3 Å². The summed E-state index contributed by atoms with van der Waals surface area (Å²) in [6, 6.07) is 5.90. The summed E-state index contributed by atoms with van der Waals surface area (Å²) in [6.45, 7) is 1.80. The Morgan fingerprint density at radius 1 is 1.00 bits per heavy atom. The van der Waals surface area contributed by atoms with Crippen molar-refractivity contribution < 1.29 is 32.7 Å². The van der Waals surface area contributed by atoms with Gasteiger partial charge in [0.25, 0.3) is 5.08 Å². The first-order valence-corrected chi connectivity index (χ1v) is 8.70. The third kappa shape index (κ3) is 2.63. The summed E-state index contributed by atoms with van der Waals surface area (Å²) in [6.07, 6.45) is 0. The van der Waals surface area contributed by atoms with E-state index in [1.54, 1.807) is 19.1 Å². The monoisotopic (exact) mass is 324 g/mol. The van der Waals surface area contributed by atoms with Crippen LogP contribution in [0.4, 0.5) is 0 Å². The normalized spacial score (nSPS) is 18.3. The van der Waals surface area contributed by atoms with E-state index in [-0.39, 0.29) is 5.56 Å². The highest BCUT2D eigenvalue weighted by Crippen LogP contribution is 2.78. The molecule has 9 heteroatoms. The summed E-state index contributed by atoms with van der Waals surface area (Å²) < 4.78 is 38.6. The fourth-order valence-electron chi connectivity index (χ4n) is 1.71. The maximum atomic E-state index is 12.6. The molecule has 2 atom stereocenters. The van der Waals surface area contributed by atoms with Crippen LogP contribution < -0.4 is 0 Å². The van der Waals surface area contributed by atoms with Crippen molar-refractivity contribution in [2.24, 2.45) is 0 Å². The van der Waals surface area contributed by atoms with E-state index in [4.69, 9.17) is 9.05 Å². The SMILES string of the molecule is COP(=O)(O)C(O)(c1ccc(C)cc1)P(=O)(OC)OC. The first-order chi connectivity index (χ1) is 9.18. The van der Waals surface area contributed by atoms with E-state index in [1.165, 1.54) is 12.1 Å². The van der Waals surface area contributed by atoms with Crippen molar-refractivity contribution in [3.05, 3.63) is 35.4 Å². The van der Waals surface area contributed by atoms with Crippen LogP contribution in [-0.4, -0.2) is 31.3 Å². The van der Waals surface area contributed by atoms with Crippen molar-refractivity contribution >= 4 is 15.2 Å². The molecule has 0 fully saturated rings. The second-order valence-electron chi connectivity index (χ2n) is 4.07. The van der Waals surface area contributed by atoms with Gasteiger partial charge in [-0.1, -0.05) is 29.8 Å². The molecule has 0 heterocycles. The second-order valence-corrected chi connectivity index (χ2v) is 8.85. The molecule has 0 saturated heterocycles. The number of benzene rings is 1. The van der Waals surface area contributed by atoms with E-state index in [1.807, 2.05) is 0 Å². The molecule has 1 rings (SSSR count). The van der Waals surface area contributed by atoms with E-state index in [2.05, 4.69) is 4.52 Å². The first kappa shape index (κ1) is 17.5. The van der Waals surface area contributed by atoms with Gasteiger partial charge < -0.3 is 23.6 Å². The average molecular weight is 324 g/mol. The molecule has 0 aromatic heterocycles. The van der Waals surface area contributed by atoms with Crippen LogP contribution >= 0.6 is 15.2 Å². The molecule has 2 N–H and O–H groups in total. The molecule has 0 saturated carbocycles. The Balaban J connectivity index is 3.63. The average Bonchev–Trinajstić information content (AvgIpc) is 2.46. The van der Waals surface area contributed by atoms with Crippen LogP contribution in [0.25, 0.3) is 0 Å². The summed E-state index contributed by atoms with van der Waals surface area (Å²) in [5.41, 5.74) is 0.758. The lowest BCUT2D eigenvalue weighted by Crippen LogP contribution is -2.28. The van der Waals surface area contributed by atoms with Crippen LogP contribution in [0.5, 0.6) is 0 Å². The Hall–Kier alpha value is -0.520. The van der Waals surface area contributed by atoms with Crippen molar-refractivity contribution in [3.8, 4) is 0 Å². The lowest BCUT2D eigenvalue weighted by atomic mass is 10.2. The number of aryl methyl sites for hydroxylation is 1. The third-order valence-corrected chi connectivity index (χ3v) is 7.96. The van der Waals surface area contributed by atoms with Crippen molar-refractivity contribution in [1.82, 2.24) is 0 Å². The molecule has 1 aromatic rings. The van der Waals surface area contributed by atoms with Crippen LogP contribution in [0.2, 0.25) is 0 Å². The first-order valence-electron chi connectivity index (χ1n) is 5.58. The van der Waals surface area contributed by atoms with E-state index in [0.717, 1.165) is 26.9 Å². The summed E-state index contributed by atoms with van der Waals surface area (Å²) in [5.74, 6) is 0. The van der Waals surface area contributed by atoms with Gasteiger partial charge in [-0.25, -0.2) is 0 Å². The molecule has 0 aliphatic heterocycles. The van der Waals surface area contributed by atoms with Crippen LogP contribution in [-0.2, 0) is 27.8 Å². The minimum absolute atomic E-state index is 0.0946. The lowest BCUT2D eigenvalue weighted by Gasteiger charge is -2.35. The highest BCUT2D eigenvalue weighted by Gasteiger charge is 2.64. The van der Waals surface area contributed by atoms with E-state index in [0.29, 0.717) is 0 Å². The molecule has 0 aliphatic rings. The predicted molar refractivity (Wildman–Crippen MR) is 73.5 cm³/mol. The summed E-state index contributed by atoms with van der Waals surface area (Å²) in [5, 5.41) is 7.86. The van der Waals surface area contributed by atoms with Gasteiger partial charge in [0.15, 0.2) is 0 Å². The van der Waals surface area contributed by atoms with Crippen molar-refractivity contribution in [2.45, 2.75) is 12.0 Å². The minimum atomic E-state index is -4.74. The Bertz CT molecular complexity index is 548. The topological polar surface area (TPSA) is 102 Å². The molecule has 1 aromatic carbocycles. The van der Waals surface area contributed by atoms with E-state index >= 15 is 0 Å². The lowest BCUT2D eigenvalue weighted by molar-refractivity contribution is 0.109. The molecule has 114 valence electrons. The zero-order valence-corrected chi connectivity index (χ0v) is 13.4. The Morgan fingerprint density at radius 3 is 1.80 bits per heavy atom. The quantitative estimate of drug-likeness (QED) is 0.775. The van der Waals surface area contributed by atoms with Gasteiger partial charge in [0.2, 0.25) is 0 Å². The van der Waals surface area contributed by atoms with Crippen LogP contribution in [0, 0.1) is 6.92 Å². The van der Waals surface area contributed by atoms with Gasteiger partial charge >= 0.3 is 15.2 Å². The number of aliphatic hydroxyl groups is 1. The van der Waals surface area contributed by atoms with Gasteiger partial charge in [0.1, 0.15) is 0 Å². The largest absolute Gasteiger partial charge is 0.378 e. The molecular weight excluding hydrogens is 306 g/mol. The van der Waals surface area contributed by atoms with Gasteiger partial charge in [-0.15, -0.1) is 0 Å². The molecule has 0 amide bonds. The molecule has 2 unspecified atom stereocenters. The van der Waals surface area contributed by atoms with Gasteiger partial charge in [-0.2, -0.15) is 0 Å². The van der Waals surface area contributed by atoms with E-state index in [9.17, 15) is 19.1 Å². The maximum Gasteiger partial charge on any atom is 0.378 e. The Labute approximate surface area is 117 Å². The molecule has 0 aliphatic carbocycles. The number of hydrogen-bond donors (Lipinski definition) is 2. The van der Waals surface area contributed by atoms with Crippen molar-refractivity contribution in [1.29, 1.82) is 0 Å². The predicted octanol–water partition coefficient (Wildman–Crippen LogP) is 2.42. The van der Waals surface area contributed by atoms with Gasteiger partial charge in [-0.3, -0.25) is 9.13 Å². The zero-order valence-electron chi connectivity index (χ0n) is 11.6. The molecule has 0 bridgehead atoms. The second kappa shape index (κ2) is 6.08. The highest BCUT2D eigenvalue weighted by atomic mass is 31.2. The molecule has 20 heavy (non-hydrogen) atoms. The molecule has 0 spiro atoms. The smallest absolute Gasteiger partial charge is 0.364 e. The van der Waals surface area contributed by atoms with Crippen LogP contribution in [0.1, 0.15) is 11.1 Å². The fourth-order valence-corrected chi connectivity index (χ4v) is 5.54. The standard InChI is InChI=1S/C11H18O7P2/c1-9-5-7-10(8-6-9)11(12,19(13,14)16-2)20(15,17-3)18-4/h5-8,12H,1-4H3,(H,13,14).